The van der Waals surface area contributed by atoms with Crippen LogP contribution in [-0.4, -0.2) is 31.1 Å². The molecule has 0 atom stereocenters. The molecule has 35 heavy (non-hydrogen) atoms. The first-order valence-electron chi connectivity index (χ1n) is 10.5. The van der Waals surface area contributed by atoms with E-state index < -0.39 is 11.8 Å². The van der Waals surface area contributed by atoms with E-state index in [0.29, 0.717) is 28.5 Å². The summed E-state index contributed by atoms with van der Waals surface area (Å²) < 4.78 is 29.5. The lowest BCUT2D eigenvalue weighted by atomic mass is 10.1. The monoisotopic (exact) mass is 492 g/mol. The number of thiocarbonyl (C=S) groups is 1. The zero-order valence-corrected chi connectivity index (χ0v) is 19.7. The Balaban J connectivity index is 1.57. The second-order valence-electron chi connectivity index (χ2n) is 7.48. The van der Waals surface area contributed by atoms with Crippen LogP contribution in [0.1, 0.15) is 11.1 Å². The van der Waals surface area contributed by atoms with E-state index in [0.717, 1.165) is 5.56 Å². The topological polar surface area (TPSA) is 77.1 Å². The molecule has 1 N–H and O–H groups in total. The van der Waals surface area contributed by atoms with Crippen molar-refractivity contribution in [3.8, 4) is 17.2 Å². The largest absolute Gasteiger partial charge is 0.497 e. The number of hydrogen-bond donors (Lipinski definition) is 1. The third-order valence-electron chi connectivity index (χ3n) is 5.24. The lowest BCUT2D eigenvalue weighted by Crippen LogP contribution is -2.54. The van der Waals surface area contributed by atoms with Crippen LogP contribution in [0.4, 0.5) is 10.1 Å². The number of nitrogens with one attached hydrogen (secondary N) is 1. The van der Waals surface area contributed by atoms with Gasteiger partial charge >= 0.3 is 0 Å². The van der Waals surface area contributed by atoms with Crippen LogP contribution in [0.2, 0.25) is 0 Å². The van der Waals surface area contributed by atoms with Crippen molar-refractivity contribution in [2.75, 3.05) is 19.1 Å². The molecule has 1 fully saturated rings. The Morgan fingerprint density at radius 2 is 1.66 bits per heavy atom. The Morgan fingerprint density at radius 3 is 2.31 bits per heavy atom. The van der Waals surface area contributed by atoms with Gasteiger partial charge in [0.15, 0.2) is 16.6 Å². The SMILES string of the molecule is COc1ccc(N2C(=O)/C(=C/c3ccc(OCc4ccc(F)cc4)c(OC)c3)C(=O)NC2=S)cc1. The highest BCUT2D eigenvalue weighted by molar-refractivity contribution is 7.80. The third kappa shape index (κ3) is 5.30. The fraction of sp³-hybridized carbons (Fsp3) is 0.115. The number of hydrogen-bond acceptors (Lipinski definition) is 6. The van der Waals surface area contributed by atoms with E-state index in [1.54, 1.807) is 61.7 Å². The smallest absolute Gasteiger partial charge is 0.270 e. The van der Waals surface area contributed by atoms with Gasteiger partial charge in [-0.1, -0.05) is 18.2 Å². The van der Waals surface area contributed by atoms with Crippen LogP contribution in [0, 0.1) is 5.82 Å². The maximum atomic E-state index is 13.2. The van der Waals surface area contributed by atoms with Crippen molar-refractivity contribution >= 4 is 40.9 Å². The molecule has 0 spiro atoms. The zero-order valence-electron chi connectivity index (χ0n) is 18.9. The van der Waals surface area contributed by atoms with E-state index in [1.165, 1.54) is 30.2 Å². The molecule has 0 unspecified atom stereocenters. The number of amides is 2. The van der Waals surface area contributed by atoms with Gasteiger partial charge in [0, 0.05) is 0 Å². The van der Waals surface area contributed by atoms with Gasteiger partial charge in [-0.2, -0.15) is 0 Å². The molecule has 0 aromatic heterocycles. The summed E-state index contributed by atoms with van der Waals surface area (Å²) in [7, 11) is 3.03. The zero-order chi connectivity index (χ0) is 24.9. The van der Waals surface area contributed by atoms with Crippen molar-refractivity contribution in [2.45, 2.75) is 6.61 Å². The fourth-order valence-corrected chi connectivity index (χ4v) is 3.71. The molecule has 0 aliphatic carbocycles. The maximum absolute atomic E-state index is 13.2. The Morgan fingerprint density at radius 1 is 0.943 bits per heavy atom. The first kappa shape index (κ1) is 23.9. The van der Waals surface area contributed by atoms with Crippen molar-refractivity contribution in [3.05, 3.63) is 89.2 Å². The number of halogens is 1. The molecular formula is C26H21FN2O5S. The molecular weight excluding hydrogens is 471 g/mol. The Labute approximate surface area is 206 Å². The quantitative estimate of drug-likeness (QED) is 0.302. The van der Waals surface area contributed by atoms with Crippen molar-refractivity contribution in [2.24, 2.45) is 0 Å². The third-order valence-corrected chi connectivity index (χ3v) is 5.52. The molecule has 178 valence electrons. The minimum absolute atomic E-state index is 0.00978. The molecule has 2 amide bonds. The maximum Gasteiger partial charge on any atom is 0.270 e. The van der Waals surface area contributed by atoms with Gasteiger partial charge in [0.05, 0.1) is 19.9 Å². The number of carbonyl (C=O) groups excluding carboxylic acids is 2. The minimum atomic E-state index is -0.597. The van der Waals surface area contributed by atoms with Crippen LogP contribution in [0.3, 0.4) is 0 Å². The summed E-state index contributed by atoms with van der Waals surface area (Å²) in [6, 6.07) is 17.7. The summed E-state index contributed by atoms with van der Waals surface area (Å²) >= 11 is 5.23. The van der Waals surface area contributed by atoms with Gasteiger partial charge in [0.2, 0.25) is 0 Å². The summed E-state index contributed by atoms with van der Waals surface area (Å²) in [6.45, 7) is 0.215. The van der Waals surface area contributed by atoms with E-state index in [9.17, 15) is 14.0 Å². The number of anilines is 1. The normalized spacial score (nSPS) is 14.7. The van der Waals surface area contributed by atoms with Gasteiger partial charge in [0.25, 0.3) is 11.8 Å². The Bertz CT molecular complexity index is 1310. The van der Waals surface area contributed by atoms with Gasteiger partial charge in [-0.25, -0.2) is 4.39 Å². The van der Waals surface area contributed by atoms with Crippen LogP contribution in [0.5, 0.6) is 17.2 Å². The van der Waals surface area contributed by atoms with Crippen molar-refractivity contribution in [3.63, 3.8) is 0 Å². The molecule has 1 saturated heterocycles. The predicted octanol–water partition coefficient (Wildman–Crippen LogP) is 4.25. The number of carbonyl (C=O) groups is 2. The summed E-state index contributed by atoms with van der Waals surface area (Å²) in [6.07, 6.45) is 1.46. The van der Waals surface area contributed by atoms with Gasteiger partial charge in [-0.05, 0) is 78.0 Å². The highest BCUT2D eigenvalue weighted by Crippen LogP contribution is 2.31. The molecule has 0 radical (unpaired) electrons. The van der Waals surface area contributed by atoms with Crippen molar-refractivity contribution in [1.82, 2.24) is 5.32 Å². The molecule has 1 aliphatic rings. The molecule has 3 aromatic carbocycles. The van der Waals surface area contributed by atoms with Crippen LogP contribution < -0.4 is 24.4 Å². The van der Waals surface area contributed by atoms with E-state index >= 15 is 0 Å². The fourth-order valence-electron chi connectivity index (χ4n) is 3.42. The van der Waals surface area contributed by atoms with Crippen molar-refractivity contribution in [1.29, 1.82) is 0 Å². The van der Waals surface area contributed by atoms with Gasteiger partial charge in [-0.3, -0.25) is 19.8 Å². The van der Waals surface area contributed by atoms with Crippen LogP contribution >= 0.6 is 12.2 Å². The molecule has 0 bridgehead atoms. The average molecular weight is 493 g/mol. The predicted molar refractivity (Wildman–Crippen MR) is 133 cm³/mol. The van der Waals surface area contributed by atoms with E-state index in [-0.39, 0.29) is 23.1 Å². The lowest BCUT2D eigenvalue weighted by molar-refractivity contribution is -0.122. The molecule has 3 aromatic rings. The summed E-state index contributed by atoms with van der Waals surface area (Å²) in [5.74, 6) is 0.0149. The number of rotatable bonds is 7. The molecule has 7 nitrogen and oxygen atoms in total. The average Bonchev–Trinajstić information content (AvgIpc) is 2.86. The van der Waals surface area contributed by atoms with E-state index in [4.69, 9.17) is 26.4 Å². The first-order valence-corrected chi connectivity index (χ1v) is 10.9. The first-order chi connectivity index (χ1) is 16.9. The lowest BCUT2D eigenvalue weighted by Gasteiger charge is -2.29. The highest BCUT2D eigenvalue weighted by atomic mass is 32.1. The number of benzene rings is 3. The second kappa shape index (κ2) is 10.4. The summed E-state index contributed by atoms with van der Waals surface area (Å²) in [5.41, 5.74) is 1.75. The number of methoxy groups -OCH3 is 2. The molecule has 9 heteroatoms. The Kier molecular flexibility index (Phi) is 7.07. The highest BCUT2D eigenvalue weighted by Gasteiger charge is 2.34. The molecule has 1 heterocycles. The summed E-state index contributed by atoms with van der Waals surface area (Å²) in [5, 5.41) is 2.55. The second-order valence-corrected chi connectivity index (χ2v) is 7.87. The molecule has 1 aliphatic heterocycles. The number of ether oxygens (including phenoxy) is 3. The van der Waals surface area contributed by atoms with Crippen molar-refractivity contribution < 1.29 is 28.2 Å². The van der Waals surface area contributed by atoms with Crippen LogP contribution in [0.25, 0.3) is 6.08 Å². The van der Waals surface area contributed by atoms with Gasteiger partial charge < -0.3 is 14.2 Å². The summed E-state index contributed by atoms with van der Waals surface area (Å²) in [4.78, 5) is 27.0. The van der Waals surface area contributed by atoms with Gasteiger partial charge in [0.1, 0.15) is 23.7 Å². The molecule has 4 rings (SSSR count). The number of nitrogens with zero attached hydrogens (tertiary/aromatic N) is 1. The van der Waals surface area contributed by atoms with E-state index in [1.807, 2.05) is 0 Å². The van der Waals surface area contributed by atoms with Crippen LogP contribution in [0.15, 0.2) is 72.3 Å². The van der Waals surface area contributed by atoms with E-state index in [2.05, 4.69) is 5.32 Å². The van der Waals surface area contributed by atoms with Gasteiger partial charge in [-0.15, -0.1) is 0 Å². The molecule has 0 saturated carbocycles. The standard InChI is InChI=1S/C26H21FN2O5S/c1-32-20-10-8-19(9-11-20)29-25(31)21(24(30)28-26(29)35)13-17-5-12-22(23(14-17)33-2)34-15-16-3-6-18(27)7-4-16/h3-14H,15H2,1-2H3,(H,28,30,35)/b21-13+. The minimum Gasteiger partial charge on any atom is -0.497 e. The van der Waals surface area contributed by atoms with Crippen LogP contribution in [-0.2, 0) is 16.2 Å². The Hall–Kier alpha value is -4.24.